The molecule has 2 amide bonds. The summed E-state index contributed by atoms with van der Waals surface area (Å²) in [6, 6.07) is -0.119. The molecule has 0 aromatic heterocycles. The second-order valence-corrected chi connectivity index (χ2v) is 5.40. The largest absolute Gasteiger partial charge is 0.481 e. The number of carbonyl (C=O) groups excluding carboxylic acids is 1. The molecule has 19 heavy (non-hydrogen) atoms. The van der Waals surface area contributed by atoms with Crippen LogP contribution in [0.3, 0.4) is 0 Å². The van der Waals surface area contributed by atoms with Gasteiger partial charge in [0.25, 0.3) is 0 Å². The number of urea groups is 1. The first-order chi connectivity index (χ1) is 9.10. The summed E-state index contributed by atoms with van der Waals surface area (Å²) in [5.74, 6) is -0.843. The second-order valence-electron chi connectivity index (χ2n) is 5.40. The Balaban J connectivity index is 1.83. The Bertz CT molecular complexity index is 348. The molecule has 1 saturated carbocycles. The van der Waals surface area contributed by atoms with Crippen LogP contribution in [0.15, 0.2) is 0 Å². The summed E-state index contributed by atoms with van der Waals surface area (Å²) in [6.07, 6.45) is 4.70. The number of hydrogen-bond acceptors (Lipinski definition) is 3. The molecule has 0 spiro atoms. The van der Waals surface area contributed by atoms with Crippen LogP contribution in [-0.4, -0.2) is 53.8 Å². The lowest BCUT2D eigenvalue weighted by molar-refractivity contribution is -0.137. The summed E-state index contributed by atoms with van der Waals surface area (Å²) >= 11 is 0. The zero-order chi connectivity index (χ0) is 13.8. The van der Waals surface area contributed by atoms with Gasteiger partial charge >= 0.3 is 12.0 Å². The Morgan fingerprint density at radius 1 is 1.37 bits per heavy atom. The number of carboxylic acids is 1. The van der Waals surface area contributed by atoms with E-state index in [-0.39, 0.29) is 30.6 Å². The minimum absolute atomic E-state index is 0.0405. The molecule has 1 saturated heterocycles. The van der Waals surface area contributed by atoms with E-state index in [0.717, 1.165) is 32.1 Å². The van der Waals surface area contributed by atoms with Crippen LogP contribution in [0.25, 0.3) is 0 Å². The summed E-state index contributed by atoms with van der Waals surface area (Å²) in [7, 11) is 1.69. The van der Waals surface area contributed by atoms with Crippen molar-refractivity contribution in [2.45, 2.75) is 56.7 Å². The summed E-state index contributed by atoms with van der Waals surface area (Å²) < 4.78 is 5.28. The van der Waals surface area contributed by atoms with Crippen molar-refractivity contribution < 1.29 is 19.4 Å². The van der Waals surface area contributed by atoms with Gasteiger partial charge in [-0.05, 0) is 32.1 Å². The molecule has 1 aliphatic heterocycles. The fraction of sp³-hybridized carbons (Fsp3) is 0.846. The predicted octanol–water partition coefficient (Wildman–Crippen LogP) is 1.20. The Kier molecular flexibility index (Phi) is 4.63. The van der Waals surface area contributed by atoms with Gasteiger partial charge in [-0.2, -0.15) is 0 Å². The molecule has 0 aromatic rings. The minimum Gasteiger partial charge on any atom is -0.481 e. The smallest absolute Gasteiger partial charge is 0.317 e. The van der Waals surface area contributed by atoms with Crippen LogP contribution >= 0.6 is 0 Å². The lowest BCUT2D eigenvalue weighted by atomic mass is 10.1. The third-order valence-electron chi connectivity index (χ3n) is 4.09. The van der Waals surface area contributed by atoms with Crippen LogP contribution in [0.2, 0.25) is 0 Å². The van der Waals surface area contributed by atoms with Gasteiger partial charge in [0.1, 0.15) is 0 Å². The molecule has 3 unspecified atom stereocenters. The molecule has 0 radical (unpaired) electrons. The summed E-state index contributed by atoms with van der Waals surface area (Å²) in [6.45, 7) is 0.657. The number of nitrogens with one attached hydrogen (secondary N) is 1. The molecule has 1 aliphatic carbocycles. The highest BCUT2D eigenvalue weighted by atomic mass is 16.5. The van der Waals surface area contributed by atoms with E-state index in [9.17, 15) is 9.59 Å². The van der Waals surface area contributed by atoms with Crippen molar-refractivity contribution in [2.75, 3.05) is 13.7 Å². The molecule has 108 valence electrons. The van der Waals surface area contributed by atoms with E-state index < -0.39 is 5.97 Å². The van der Waals surface area contributed by atoms with E-state index in [1.165, 1.54) is 0 Å². The van der Waals surface area contributed by atoms with Crippen molar-refractivity contribution in [3.05, 3.63) is 0 Å². The molecule has 2 N–H and O–H groups in total. The molecule has 6 nitrogen and oxygen atoms in total. The molecule has 6 heteroatoms. The maximum absolute atomic E-state index is 12.2. The van der Waals surface area contributed by atoms with E-state index in [0.29, 0.717) is 6.54 Å². The molecular weight excluding hydrogens is 248 g/mol. The number of carboxylic acid groups (broad SMARTS) is 1. The zero-order valence-corrected chi connectivity index (χ0v) is 11.3. The molecule has 2 fully saturated rings. The molecule has 2 rings (SSSR count). The SMILES string of the molecule is COC1CCC(NC(=O)N2CCCC2CC(=O)O)C1. The fourth-order valence-corrected chi connectivity index (χ4v) is 3.06. The quantitative estimate of drug-likeness (QED) is 0.804. The van der Waals surface area contributed by atoms with Crippen molar-refractivity contribution in [3.8, 4) is 0 Å². The number of methoxy groups -OCH3 is 1. The monoisotopic (exact) mass is 270 g/mol. The third-order valence-corrected chi connectivity index (χ3v) is 4.09. The van der Waals surface area contributed by atoms with Crippen molar-refractivity contribution in [1.82, 2.24) is 10.2 Å². The number of amides is 2. The predicted molar refractivity (Wildman–Crippen MR) is 68.9 cm³/mol. The van der Waals surface area contributed by atoms with Crippen molar-refractivity contribution in [2.24, 2.45) is 0 Å². The van der Waals surface area contributed by atoms with Crippen molar-refractivity contribution in [3.63, 3.8) is 0 Å². The summed E-state index contributed by atoms with van der Waals surface area (Å²) in [5.41, 5.74) is 0. The average Bonchev–Trinajstić information content (AvgIpc) is 2.97. The summed E-state index contributed by atoms with van der Waals surface area (Å²) in [4.78, 5) is 24.6. The van der Waals surface area contributed by atoms with Crippen LogP contribution in [0.5, 0.6) is 0 Å². The van der Waals surface area contributed by atoms with Crippen LogP contribution < -0.4 is 5.32 Å². The molecular formula is C13H22N2O4. The average molecular weight is 270 g/mol. The number of likely N-dealkylation sites (tertiary alicyclic amines) is 1. The zero-order valence-electron chi connectivity index (χ0n) is 11.3. The van der Waals surface area contributed by atoms with Crippen LogP contribution in [0.1, 0.15) is 38.5 Å². The first-order valence-electron chi connectivity index (χ1n) is 6.92. The van der Waals surface area contributed by atoms with Gasteiger partial charge < -0.3 is 20.1 Å². The number of aliphatic carboxylic acids is 1. The third kappa shape index (κ3) is 3.59. The molecule has 3 atom stereocenters. The Labute approximate surface area is 113 Å². The van der Waals surface area contributed by atoms with E-state index in [2.05, 4.69) is 5.32 Å². The first-order valence-corrected chi connectivity index (χ1v) is 6.92. The van der Waals surface area contributed by atoms with Gasteiger partial charge in [-0.25, -0.2) is 4.79 Å². The Morgan fingerprint density at radius 3 is 2.79 bits per heavy atom. The van der Waals surface area contributed by atoms with Gasteiger partial charge in [-0.3, -0.25) is 4.79 Å². The van der Waals surface area contributed by atoms with Crippen LogP contribution in [0, 0.1) is 0 Å². The van der Waals surface area contributed by atoms with Gasteiger partial charge in [-0.15, -0.1) is 0 Å². The topological polar surface area (TPSA) is 78.9 Å². The number of nitrogens with zero attached hydrogens (tertiary/aromatic N) is 1. The molecule has 0 bridgehead atoms. The highest BCUT2D eigenvalue weighted by Gasteiger charge is 2.33. The number of carbonyl (C=O) groups is 2. The molecule has 2 aliphatic rings. The lowest BCUT2D eigenvalue weighted by Crippen LogP contribution is -2.46. The van der Waals surface area contributed by atoms with E-state index >= 15 is 0 Å². The first kappa shape index (κ1) is 14.1. The van der Waals surface area contributed by atoms with Crippen molar-refractivity contribution in [1.29, 1.82) is 0 Å². The van der Waals surface area contributed by atoms with Gasteiger partial charge in [-0.1, -0.05) is 0 Å². The van der Waals surface area contributed by atoms with E-state index in [1.54, 1.807) is 12.0 Å². The van der Waals surface area contributed by atoms with Crippen molar-refractivity contribution >= 4 is 12.0 Å². The number of hydrogen-bond donors (Lipinski definition) is 2. The van der Waals surface area contributed by atoms with E-state index in [4.69, 9.17) is 9.84 Å². The highest BCUT2D eigenvalue weighted by Crippen LogP contribution is 2.24. The lowest BCUT2D eigenvalue weighted by Gasteiger charge is -2.25. The Morgan fingerprint density at radius 2 is 2.16 bits per heavy atom. The minimum atomic E-state index is -0.843. The van der Waals surface area contributed by atoms with Gasteiger partial charge in [0, 0.05) is 25.7 Å². The fourth-order valence-electron chi connectivity index (χ4n) is 3.06. The molecule has 1 heterocycles. The highest BCUT2D eigenvalue weighted by molar-refractivity contribution is 5.76. The summed E-state index contributed by atoms with van der Waals surface area (Å²) in [5, 5.41) is 11.9. The van der Waals surface area contributed by atoms with Gasteiger partial charge in [0.15, 0.2) is 0 Å². The van der Waals surface area contributed by atoms with E-state index in [1.807, 2.05) is 0 Å². The van der Waals surface area contributed by atoms with Gasteiger partial charge in [0.05, 0.1) is 12.5 Å². The standard InChI is InChI=1S/C13H22N2O4/c1-19-11-5-4-9(7-11)14-13(18)15-6-2-3-10(15)8-12(16)17/h9-11H,2-8H2,1H3,(H,14,18)(H,16,17). The maximum Gasteiger partial charge on any atom is 0.317 e. The number of ether oxygens (including phenoxy) is 1. The normalized spacial score (nSPS) is 30.6. The second kappa shape index (κ2) is 6.23. The van der Waals surface area contributed by atoms with Crippen LogP contribution in [0.4, 0.5) is 4.79 Å². The Hall–Kier alpha value is -1.30. The molecule has 0 aromatic carbocycles. The van der Waals surface area contributed by atoms with Gasteiger partial charge in [0.2, 0.25) is 0 Å². The maximum atomic E-state index is 12.2. The number of rotatable bonds is 4. The van der Waals surface area contributed by atoms with Crippen LogP contribution in [-0.2, 0) is 9.53 Å².